The SMILES string of the molecule is O=C(N/N=C\c1ccc(OCc2ccc(Cl)cc2Cl)c(Br)c1)c1cccc2ccccc12. The van der Waals surface area contributed by atoms with E-state index in [1.165, 1.54) is 0 Å². The molecule has 0 aliphatic heterocycles. The van der Waals surface area contributed by atoms with Gasteiger partial charge in [-0.15, -0.1) is 0 Å². The van der Waals surface area contributed by atoms with Crippen molar-refractivity contribution < 1.29 is 9.53 Å². The third-order valence-corrected chi connectivity index (χ3v) is 5.97. The average molecular weight is 528 g/mol. The number of hydrogen-bond acceptors (Lipinski definition) is 3. The van der Waals surface area contributed by atoms with Crippen LogP contribution in [0.15, 0.2) is 88.4 Å². The molecule has 0 fully saturated rings. The predicted molar refractivity (Wildman–Crippen MR) is 134 cm³/mol. The Bertz CT molecular complexity index is 1320. The van der Waals surface area contributed by atoms with Gasteiger partial charge in [0, 0.05) is 21.2 Å². The van der Waals surface area contributed by atoms with Crippen LogP contribution in [0.25, 0.3) is 10.8 Å². The van der Waals surface area contributed by atoms with Crippen molar-refractivity contribution >= 4 is 62.0 Å². The van der Waals surface area contributed by atoms with Gasteiger partial charge in [0.2, 0.25) is 0 Å². The predicted octanol–water partition coefficient (Wildman–Crippen LogP) is 7.25. The molecule has 1 N–H and O–H groups in total. The van der Waals surface area contributed by atoms with Gasteiger partial charge in [0.1, 0.15) is 12.4 Å². The number of halogens is 3. The highest BCUT2D eigenvalue weighted by Crippen LogP contribution is 2.28. The Morgan fingerprint density at radius 2 is 1.81 bits per heavy atom. The molecular weight excluding hydrogens is 511 g/mol. The molecule has 0 radical (unpaired) electrons. The van der Waals surface area contributed by atoms with E-state index in [9.17, 15) is 4.79 Å². The molecule has 4 rings (SSSR count). The highest BCUT2D eigenvalue weighted by molar-refractivity contribution is 9.10. The molecule has 7 heteroatoms. The van der Waals surface area contributed by atoms with Gasteiger partial charge >= 0.3 is 0 Å². The zero-order valence-corrected chi connectivity index (χ0v) is 19.8. The number of benzene rings is 4. The van der Waals surface area contributed by atoms with Gasteiger partial charge in [-0.25, -0.2) is 5.43 Å². The number of carbonyl (C=O) groups is 1. The average Bonchev–Trinajstić information content (AvgIpc) is 2.79. The van der Waals surface area contributed by atoms with Crippen molar-refractivity contribution in [3.8, 4) is 5.75 Å². The van der Waals surface area contributed by atoms with E-state index in [1.54, 1.807) is 24.4 Å². The van der Waals surface area contributed by atoms with Crippen molar-refractivity contribution in [2.45, 2.75) is 6.61 Å². The first-order valence-electron chi connectivity index (χ1n) is 9.69. The molecule has 0 spiro atoms. The topological polar surface area (TPSA) is 50.7 Å². The normalized spacial score (nSPS) is 11.1. The van der Waals surface area contributed by atoms with Crippen LogP contribution in [-0.4, -0.2) is 12.1 Å². The van der Waals surface area contributed by atoms with Crippen LogP contribution in [0.3, 0.4) is 0 Å². The lowest BCUT2D eigenvalue weighted by Gasteiger charge is -2.10. The van der Waals surface area contributed by atoms with Gasteiger partial charge in [0.25, 0.3) is 5.91 Å². The molecule has 0 aliphatic rings. The monoisotopic (exact) mass is 526 g/mol. The van der Waals surface area contributed by atoms with E-state index < -0.39 is 0 Å². The Morgan fingerprint density at radius 3 is 2.62 bits per heavy atom. The molecule has 0 saturated carbocycles. The zero-order valence-electron chi connectivity index (χ0n) is 16.7. The molecule has 0 bridgehead atoms. The summed E-state index contributed by atoms with van der Waals surface area (Å²) in [7, 11) is 0. The fraction of sp³-hybridized carbons (Fsp3) is 0.0400. The first-order valence-corrected chi connectivity index (χ1v) is 11.2. The minimum atomic E-state index is -0.267. The molecule has 32 heavy (non-hydrogen) atoms. The van der Waals surface area contributed by atoms with Crippen LogP contribution < -0.4 is 10.2 Å². The molecule has 0 aliphatic carbocycles. The Balaban J connectivity index is 1.40. The number of amides is 1. The summed E-state index contributed by atoms with van der Waals surface area (Å²) in [6, 6.07) is 24.1. The van der Waals surface area contributed by atoms with Gasteiger partial charge in [-0.05, 0) is 68.7 Å². The number of hydrazone groups is 1. The van der Waals surface area contributed by atoms with Gasteiger partial charge < -0.3 is 4.74 Å². The van der Waals surface area contributed by atoms with Crippen molar-refractivity contribution in [3.05, 3.63) is 110 Å². The number of carbonyl (C=O) groups excluding carboxylic acids is 1. The first kappa shape index (κ1) is 22.3. The second-order valence-electron chi connectivity index (χ2n) is 6.94. The molecular formula is C25H17BrCl2N2O2. The number of rotatable bonds is 6. The minimum Gasteiger partial charge on any atom is -0.488 e. The third kappa shape index (κ3) is 5.30. The van der Waals surface area contributed by atoms with Crippen LogP contribution in [0.4, 0.5) is 0 Å². The number of nitrogens with one attached hydrogen (secondary N) is 1. The highest BCUT2D eigenvalue weighted by Gasteiger charge is 2.09. The number of hydrogen-bond donors (Lipinski definition) is 1. The maximum absolute atomic E-state index is 12.6. The fourth-order valence-corrected chi connectivity index (χ4v) is 4.13. The van der Waals surface area contributed by atoms with Crippen LogP contribution in [0.1, 0.15) is 21.5 Å². The smallest absolute Gasteiger partial charge is 0.271 e. The van der Waals surface area contributed by atoms with Crippen LogP contribution in [0.5, 0.6) is 5.75 Å². The molecule has 0 saturated heterocycles. The molecule has 4 aromatic rings. The number of ether oxygens (including phenoxy) is 1. The summed E-state index contributed by atoms with van der Waals surface area (Å²) in [5.74, 6) is 0.393. The summed E-state index contributed by atoms with van der Waals surface area (Å²) >= 11 is 15.6. The lowest BCUT2D eigenvalue weighted by atomic mass is 10.0. The maximum atomic E-state index is 12.6. The Kier molecular flexibility index (Phi) is 7.10. The van der Waals surface area contributed by atoms with Crippen LogP contribution in [0.2, 0.25) is 10.0 Å². The lowest BCUT2D eigenvalue weighted by Crippen LogP contribution is -2.17. The van der Waals surface area contributed by atoms with Crippen LogP contribution in [-0.2, 0) is 6.61 Å². The van der Waals surface area contributed by atoms with E-state index in [4.69, 9.17) is 27.9 Å². The van der Waals surface area contributed by atoms with E-state index >= 15 is 0 Å². The molecule has 0 aromatic heterocycles. The second kappa shape index (κ2) is 10.2. The van der Waals surface area contributed by atoms with Crippen molar-refractivity contribution in [1.82, 2.24) is 5.43 Å². The lowest BCUT2D eigenvalue weighted by molar-refractivity contribution is 0.0957. The van der Waals surface area contributed by atoms with E-state index in [-0.39, 0.29) is 5.91 Å². The molecule has 4 aromatic carbocycles. The van der Waals surface area contributed by atoms with E-state index in [0.717, 1.165) is 26.4 Å². The standard InChI is InChI=1S/C25H17BrCl2N2O2/c26-22-12-16(8-11-24(22)32-15-18-9-10-19(27)13-23(18)28)14-29-30-25(31)21-7-3-5-17-4-1-2-6-20(17)21/h1-14H,15H2,(H,30,31)/b29-14-. The van der Waals surface area contributed by atoms with Gasteiger partial charge in [0.15, 0.2) is 0 Å². The van der Waals surface area contributed by atoms with Gasteiger partial charge in [0.05, 0.1) is 10.7 Å². The highest BCUT2D eigenvalue weighted by atomic mass is 79.9. The second-order valence-corrected chi connectivity index (χ2v) is 8.64. The van der Waals surface area contributed by atoms with Crippen molar-refractivity contribution in [2.24, 2.45) is 5.10 Å². The summed E-state index contributed by atoms with van der Waals surface area (Å²) in [5, 5.41) is 7.11. The largest absolute Gasteiger partial charge is 0.488 e. The zero-order chi connectivity index (χ0) is 22.5. The number of fused-ring (bicyclic) bond motifs is 1. The summed E-state index contributed by atoms with van der Waals surface area (Å²) in [6.45, 7) is 0.309. The van der Waals surface area contributed by atoms with E-state index in [2.05, 4.69) is 26.5 Å². The maximum Gasteiger partial charge on any atom is 0.271 e. The Labute approximate surface area is 203 Å². The molecule has 0 unspecified atom stereocenters. The molecule has 160 valence electrons. The first-order chi connectivity index (χ1) is 15.5. The molecule has 0 heterocycles. The Morgan fingerprint density at radius 1 is 1.00 bits per heavy atom. The van der Waals surface area contributed by atoms with E-state index in [0.29, 0.717) is 28.0 Å². The molecule has 0 atom stereocenters. The Hall–Kier alpha value is -2.86. The number of nitrogens with zero attached hydrogens (tertiary/aromatic N) is 1. The molecule has 1 amide bonds. The van der Waals surface area contributed by atoms with Gasteiger partial charge in [-0.2, -0.15) is 5.10 Å². The summed E-state index contributed by atoms with van der Waals surface area (Å²) in [4.78, 5) is 12.6. The quantitative estimate of drug-likeness (QED) is 0.212. The third-order valence-electron chi connectivity index (χ3n) is 4.77. The van der Waals surface area contributed by atoms with Gasteiger partial charge in [-0.1, -0.05) is 65.7 Å². The van der Waals surface area contributed by atoms with Crippen molar-refractivity contribution in [3.63, 3.8) is 0 Å². The fourth-order valence-electron chi connectivity index (χ4n) is 3.16. The molecule has 4 nitrogen and oxygen atoms in total. The van der Waals surface area contributed by atoms with Crippen LogP contribution in [0, 0.1) is 0 Å². The summed E-state index contributed by atoms with van der Waals surface area (Å²) in [6.07, 6.45) is 1.58. The van der Waals surface area contributed by atoms with Crippen molar-refractivity contribution in [1.29, 1.82) is 0 Å². The summed E-state index contributed by atoms with van der Waals surface area (Å²) in [5.41, 5.74) is 4.80. The van der Waals surface area contributed by atoms with Crippen molar-refractivity contribution in [2.75, 3.05) is 0 Å². The van der Waals surface area contributed by atoms with Gasteiger partial charge in [-0.3, -0.25) is 4.79 Å². The van der Waals surface area contributed by atoms with Crippen LogP contribution >= 0.6 is 39.1 Å². The van der Waals surface area contributed by atoms with E-state index in [1.807, 2.05) is 60.7 Å². The summed E-state index contributed by atoms with van der Waals surface area (Å²) < 4.78 is 6.61. The minimum absolute atomic E-state index is 0.267.